The van der Waals surface area contributed by atoms with E-state index in [1.54, 1.807) is 18.9 Å². The van der Waals surface area contributed by atoms with E-state index in [2.05, 4.69) is 25.2 Å². The molecule has 7 heteroatoms. The lowest BCUT2D eigenvalue weighted by Crippen LogP contribution is -2.33. The van der Waals surface area contributed by atoms with Crippen LogP contribution in [0.15, 0.2) is 42.5 Å². The van der Waals surface area contributed by atoms with Crippen molar-refractivity contribution in [2.45, 2.75) is 31.2 Å². The van der Waals surface area contributed by atoms with E-state index in [0.29, 0.717) is 36.4 Å². The number of hydrogen-bond acceptors (Lipinski definition) is 6. The molecular weight excluding hydrogens is 390 g/mol. The third-order valence-corrected chi connectivity index (χ3v) is 5.98. The molecule has 156 valence electrons. The molecule has 0 aliphatic carbocycles. The average molecular weight is 418 g/mol. The molecule has 0 bridgehead atoms. The van der Waals surface area contributed by atoms with Crippen LogP contribution >= 0.6 is 11.8 Å². The summed E-state index contributed by atoms with van der Waals surface area (Å²) >= 11 is 1.57. The smallest absolute Gasteiger partial charge is 0.321 e. The molecule has 2 aromatic carbocycles. The summed E-state index contributed by atoms with van der Waals surface area (Å²) in [5.41, 5.74) is 2.13. The second-order valence-electron chi connectivity index (χ2n) is 7.07. The quantitative estimate of drug-likeness (QED) is 0.596. The van der Waals surface area contributed by atoms with E-state index in [0.717, 1.165) is 11.3 Å². The second-order valence-corrected chi connectivity index (χ2v) is 8.21. The largest absolute Gasteiger partial charge is 0.493 e. The Kier molecular flexibility index (Phi) is 7.28. The van der Waals surface area contributed by atoms with E-state index >= 15 is 0 Å². The fourth-order valence-electron chi connectivity index (χ4n) is 3.17. The number of rotatable bonds is 9. The number of ether oxygens (including phenoxy) is 3. The van der Waals surface area contributed by atoms with Crippen molar-refractivity contribution < 1.29 is 24.1 Å². The van der Waals surface area contributed by atoms with Gasteiger partial charge in [-0.3, -0.25) is 10.1 Å². The van der Waals surface area contributed by atoms with E-state index in [-0.39, 0.29) is 5.37 Å². The Bertz CT molecular complexity index is 842. The number of hydrogen-bond donors (Lipinski definition) is 2. The Morgan fingerprint density at radius 3 is 2.52 bits per heavy atom. The predicted octanol–water partition coefficient (Wildman–Crippen LogP) is 4.06. The summed E-state index contributed by atoms with van der Waals surface area (Å²) in [6.45, 7) is 5.06. The van der Waals surface area contributed by atoms with Gasteiger partial charge in [-0.2, -0.15) is 0 Å². The van der Waals surface area contributed by atoms with Crippen molar-refractivity contribution in [2.24, 2.45) is 0 Å². The second kappa shape index (κ2) is 9.89. The van der Waals surface area contributed by atoms with Crippen molar-refractivity contribution in [2.75, 3.05) is 26.1 Å². The van der Waals surface area contributed by atoms with Crippen LogP contribution < -0.4 is 19.5 Å². The zero-order chi connectivity index (χ0) is 20.8. The predicted molar refractivity (Wildman–Crippen MR) is 114 cm³/mol. The van der Waals surface area contributed by atoms with Crippen molar-refractivity contribution >= 4 is 17.7 Å². The van der Waals surface area contributed by atoms with Crippen molar-refractivity contribution in [3.8, 4) is 17.2 Å². The fraction of sp³-hybridized carbons (Fsp3) is 0.409. The van der Waals surface area contributed by atoms with Crippen molar-refractivity contribution in [1.29, 1.82) is 0 Å². The van der Waals surface area contributed by atoms with E-state index in [1.807, 2.05) is 36.4 Å². The fourth-order valence-corrected chi connectivity index (χ4v) is 4.39. The number of nitrogens with one attached hydrogen (secondary N) is 1. The van der Waals surface area contributed by atoms with Gasteiger partial charge < -0.3 is 19.3 Å². The average Bonchev–Trinajstić information content (AvgIpc) is 3.22. The molecule has 2 aromatic rings. The van der Waals surface area contributed by atoms with Crippen LogP contribution in [0.1, 0.15) is 36.3 Å². The van der Waals surface area contributed by atoms with E-state index in [9.17, 15) is 9.90 Å². The van der Waals surface area contributed by atoms with Gasteiger partial charge in [-0.1, -0.05) is 38.1 Å². The van der Waals surface area contributed by atoms with E-state index in [1.165, 1.54) is 5.56 Å². The molecule has 2 unspecified atom stereocenters. The molecule has 2 atom stereocenters. The summed E-state index contributed by atoms with van der Waals surface area (Å²) in [6, 6.07) is 13.2. The van der Waals surface area contributed by atoms with Crippen molar-refractivity contribution in [3.63, 3.8) is 0 Å². The molecule has 0 amide bonds. The summed E-state index contributed by atoms with van der Waals surface area (Å²) in [4.78, 5) is 11.2. The lowest BCUT2D eigenvalue weighted by atomic mass is 10.0. The van der Waals surface area contributed by atoms with Crippen LogP contribution in [-0.2, 0) is 4.79 Å². The number of thioether (sulfide) groups is 1. The number of carboxylic acids is 1. The van der Waals surface area contributed by atoms with Gasteiger partial charge in [0.2, 0.25) is 0 Å². The molecule has 0 spiro atoms. The highest BCUT2D eigenvalue weighted by atomic mass is 32.2. The molecular formula is C22H27NO5S. The van der Waals surface area contributed by atoms with Gasteiger partial charge in [-0.05, 0) is 35.2 Å². The Morgan fingerprint density at radius 2 is 1.86 bits per heavy atom. The third-order valence-electron chi connectivity index (χ3n) is 4.71. The van der Waals surface area contributed by atoms with E-state index in [4.69, 9.17) is 14.2 Å². The maximum absolute atomic E-state index is 11.2. The highest BCUT2D eigenvalue weighted by Crippen LogP contribution is 2.37. The van der Waals surface area contributed by atoms with E-state index < -0.39 is 12.0 Å². The number of carbonyl (C=O) groups is 1. The van der Waals surface area contributed by atoms with Crippen molar-refractivity contribution in [1.82, 2.24) is 5.32 Å². The molecule has 1 aliphatic heterocycles. The number of carboxylic acid groups (broad SMARTS) is 1. The molecule has 29 heavy (non-hydrogen) atoms. The minimum Gasteiger partial charge on any atom is -0.493 e. The van der Waals surface area contributed by atoms with Crippen LogP contribution in [-0.4, -0.2) is 43.2 Å². The van der Waals surface area contributed by atoms with Crippen LogP contribution in [0.25, 0.3) is 0 Å². The van der Waals surface area contributed by atoms with Gasteiger partial charge in [-0.25, -0.2) is 0 Å². The summed E-state index contributed by atoms with van der Waals surface area (Å²) in [5, 5.41) is 12.2. The molecule has 0 saturated carbocycles. The molecule has 1 aliphatic rings. The SMILES string of the molecule is COc1ccc(C2NC(C(=O)O)CS2)cc1OCCOc1ccccc1C(C)C. The molecule has 6 nitrogen and oxygen atoms in total. The van der Waals surface area contributed by atoms with Gasteiger partial charge in [0.15, 0.2) is 11.5 Å². The first kappa shape index (κ1) is 21.3. The zero-order valence-electron chi connectivity index (χ0n) is 16.9. The molecule has 0 aromatic heterocycles. The van der Waals surface area contributed by atoms with Gasteiger partial charge in [0, 0.05) is 5.75 Å². The number of para-hydroxylation sites is 1. The summed E-state index contributed by atoms with van der Waals surface area (Å²) in [5.74, 6) is 2.21. The summed E-state index contributed by atoms with van der Waals surface area (Å²) in [6.07, 6.45) is 0. The third kappa shape index (κ3) is 5.36. The van der Waals surface area contributed by atoms with Gasteiger partial charge in [-0.15, -0.1) is 11.8 Å². The number of aliphatic carboxylic acids is 1. The Balaban J connectivity index is 1.61. The minimum atomic E-state index is -0.830. The molecule has 0 radical (unpaired) electrons. The lowest BCUT2D eigenvalue weighted by Gasteiger charge is -2.17. The minimum absolute atomic E-state index is 0.0847. The van der Waals surface area contributed by atoms with Gasteiger partial charge >= 0.3 is 5.97 Å². The zero-order valence-corrected chi connectivity index (χ0v) is 17.7. The highest BCUT2D eigenvalue weighted by molar-refractivity contribution is 7.99. The number of methoxy groups -OCH3 is 1. The standard InChI is InChI=1S/C22H27NO5S/c1-14(2)16-6-4-5-7-18(16)27-10-11-28-20-12-15(8-9-19(20)26-3)21-23-17(13-29-21)22(24)25/h4-9,12,14,17,21,23H,10-11,13H2,1-3H3,(H,24,25). The first-order chi connectivity index (χ1) is 14.0. The molecule has 1 saturated heterocycles. The highest BCUT2D eigenvalue weighted by Gasteiger charge is 2.30. The van der Waals surface area contributed by atoms with Gasteiger partial charge in [0.1, 0.15) is 25.0 Å². The normalized spacial score (nSPS) is 18.6. The van der Waals surface area contributed by atoms with Crippen LogP contribution in [0.2, 0.25) is 0 Å². The van der Waals surface area contributed by atoms with Gasteiger partial charge in [0.25, 0.3) is 0 Å². The first-order valence-corrected chi connectivity index (χ1v) is 10.7. The first-order valence-electron chi connectivity index (χ1n) is 9.62. The van der Waals surface area contributed by atoms with Crippen molar-refractivity contribution in [3.05, 3.63) is 53.6 Å². The van der Waals surface area contributed by atoms with Crippen LogP contribution in [0.5, 0.6) is 17.2 Å². The van der Waals surface area contributed by atoms with Crippen LogP contribution in [0.4, 0.5) is 0 Å². The summed E-state index contributed by atoms with van der Waals surface area (Å²) in [7, 11) is 1.60. The Morgan fingerprint density at radius 1 is 1.14 bits per heavy atom. The molecule has 1 fully saturated rings. The van der Waals surface area contributed by atoms with Gasteiger partial charge in [0.05, 0.1) is 12.5 Å². The lowest BCUT2D eigenvalue weighted by molar-refractivity contribution is -0.138. The summed E-state index contributed by atoms with van der Waals surface area (Å²) < 4.78 is 17.2. The maximum atomic E-state index is 11.2. The topological polar surface area (TPSA) is 77.0 Å². The maximum Gasteiger partial charge on any atom is 0.321 e. The Hall–Kier alpha value is -2.38. The van der Waals surface area contributed by atoms with Crippen LogP contribution in [0, 0.1) is 0 Å². The molecule has 1 heterocycles. The Labute approximate surface area is 175 Å². The number of benzene rings is 2. The molecule has 2 N–H and O–H groups in total. The molecule has 3 rings (SSSR count). The monoisotopic (exact) mass is 417 g/mol. The van der Waals surface area contributed by atoms with Crippen LogP contribution in [0.3, 0.4) is 0 Å².